The molecule has 2 bridgehead atoms. The van der Waals surface area contributed by atoms with Gasteiger partial charge in [0.25, 0.3) is 0 Å². The van der Waals surface area contributed by atoms with Crippen LogP contribution in [0.25, 0.3) is 0 Å². The Bertz CT molecular complexity index is 1100. The van der Waals surface area contributed by atoms with Gasteiger partial charge in [-0.05, 0) is 44.6 Å². The van der Waals surface area contributed by atoms with Crippen molar-refractivity contribution in [3.63, 3.8) is 0 Å². The zero-order chi connectivity index (χ0) is 23.4. The Kier molecular flexibility index (Phi) is 5.25. The number of esters is 2. The molecule has 0 radical (unpaired) electrons. The highest BCUT2D eigenvalue weighted by Gasteiger charge is 2.54. The zero-order valence-corrected chi connectivity index (χ0v) is 18.3. The van der Waals surface area contributed by atoms with Gasteiger partial charge in [0.1, 0.15) is 23.9 Å². The predicted octanol–water partition coefficient (Wildman–Crippen LogP) is 3.57. The lowest BCUT2D eigenvalue weighted by Gasteiger charge is -2.31. The molecule has 0 aliphatic carbocycles. The van der Waals surface area contributed by atoms with Crippen LogP contribution >= 0.6 is 0 Å². The van der Waals surface area contributed by atoms with E-state index in [4.69, 9.17) is 14.2 Å². The highest BCUT2D eigenvalue weighted by atomic mass is 16.6. The molecule has 7 heteroatoms. The number of fused-ring (bicyclic) bond motifs is 4. The molecule has 4 rings (SSSR count). The molecular weight excluding hydrogens is 412 g/mol. The molecule has 2 N–H and O–H groups in total. The first kappa shape index (κ1) is 21.9. The topological polar surface area (TPSA) is 102 Å². The summed E-state index contributed by atoms with van der Waals surface area (Å²) < 4.78 is 17.9. The highest BCUT2D eigenvalue weighted by Crippen LogP contribution is 2.50. The maximum absolute atomic E-state index is 12.5. The summed E-state index contributed by atoms with van der Waals surface area (Å²) in [5, 5.41) is 20.7. The van der Waals surface area contributed by atoms with E-state index >= 15 is 0 Å². The minimum absolute atomic E-state index is 0.221. The third-order valence-corrected chi connectivity index (χ3v) is 6.20. The van der Waals surface area contributed by atoms with Crippen LogP contribution in [0.2, 0.25) is 0 Å². The van der Waals surface area contributed by atoms with Gasteiger partial charge in [-0.3, -0.25) is 0 Å². The minimum atomic E-state index is -1.20. The summed E-state index contributed by atoms with van der Waals surface area (Å²) in [6, 6.07) is 4.67. The lowest BCUT2D eigenvalue weighted by molar-refractivity contribution is -0.153. The summed E-state index contributed by atoms with van der Waals surface area (Å²) in [6.07, 6.45) is 1.82. The molecule has 168 valence electrons. The summed E-state index contributed by atoms with van der Waals surface area (Å²) in [4.78, 5) is 24.9. The fourth-order valence-corrected chi connectivity index (χ4v) is 4.74. The molecule has 1 fully saturated rings. The van der Waals surface area contributed by atoms with Gasteiger partial charge in [0.2, 0.25) is 0 Å². The quantitative estimate of drug-likeness (QED) is 0.322. The van der Waals surface area contributed by atoms with Crippen molar-refractivity contribution in [2.75, 3.05) is 0 Å². The van der Waals surface area contributed by atoms with Crippen LogP contribution in [-0.4, -0.2) is 40.5 Å². The molecule has 1 saturated heterocycles. The first-order chi connectivity index (χ1) is 15.0. The van der Waals surface area contributed by atoms with Gasteiger partial charge in [0.05, 0.1) is 5.92 Å². The summed E-state index contributed by atoms with van der Waals surface area (Å²) in [5.41, 5.74) is 1.20. The maximum atomic E-state index is 12.5. The van der Waals surface area contributed by atoms with Crippen LogP contribution in [0.15, 0.2) is 65.8 Å². The standard InChI is InChI=1S/C25H26O7/c1-12(2)23(28)30-18-9-13(3)10-25(16-7-6-8-17(26)20(16)27)11-14(4)21(32-25)22-19(18)15(5)24(29)31-22/h6-8,10-11,18-19,21-22,26-27H,1,5,9H2,2-4H3/b13-10-/t18-,19+,21+,22-,25-/m0/s1. The van der Waals surface area contributed by atoms with Gasteiger partial charge in [-0.2, -0.15) is 0 Å². The molecular formula is C25H26O7. The molecule has 1 aromatic carbocycles. The SMILES string of the molecule is C=C(C)C(=O)O[C@H]1C/C(C)=C\[C@@]2(c3cccc(O)c3O)C=C(C)[C@@H](O2)[C@H]2OC(=O)C(=C)[C@@H]21. The van der Waals surface area contributed by atoms with Crippen molar-refractivity contribution >= 4 is 11.9 Å². The summed E-state index contributed by atoms with van der Waals surface area (Å²) in [7, 11) is 0. The minimum Gasteiger partial charge on any atom is -0.504 e. The van der Waals surface area contributed by atoms with E-state index in [9.17, 15) is 19.8 Å². The van der Waals surface area contributed by atoms with Crippen LogP contribution in [0.5, 0.6) is 11.5 Å². The molecule has 0 saturated carbocycles. The number of phenolic OH excluding ortho intramolecular Hbond substituents is 2. The Balaban J connectivity index is 1.86. The van der Waals surface area contributed by atoms with Crippen LogP contribution in [0.4, 0.5) is 0 Å². The van der Waals surface area contributed by atoms with Gasteiger partial charge >= 0.3 is 11.9 Å². The third-order valence-electron chi connectivity index (χ3n) is 6.20. The van der Waals surface area contributed by atoms with Crippen LogP contribution in [-0.2, 0) is 29.4 Å². The zero-order valence-electron chi connectivity index (χ0n) is 18.3. The molecule has 1 aromatic rings. The number of phenols is 2. The summed E-state index contributed by atoms with van der Waals surface area (Å²) in [6.45, 7) is 12.8. The second-order valence-electron chi connectivity index (χ2n) is 8.73. The van der Waals surface area contributed by atoms with Gasteiger partial charge < -0.3 is 24.4 Å². The lowest BCUT2D eigenvalue weighted by atomic mass is 9.82. The van der Waals surface area contributed by atoms with Crippen molar-refractivity contribution in [2.24, 2.45) is 5.92 Å². The van der Waals surface area contributed by atoms with E-state index in [1.807, 2.05) is 26.0 Å². The maximum Gasteiger partial charge on any atom is 0.334 e. The number of para-hydroxylation sites is 1. The van der Waals surface area contributed by atoms with Gasteiger partial charge in [0, 0.05) is 23.1 Å². The van der Waals surface area contributed by atoms with E-state index in [-0.39, 0.29) is 22.6 Å². The number of rotatable bonds is 3. The van der Waals surface area contributed by atoms with Crippen molar-refractivity contribution in [2.45, 2.75) is 51.1 Å². The highest BCUT2D eigenvalue weighted by molar-refractivity contribution is 5.91. The summed E-state index contributed by atoms with van der Waals surface area (Å²) in [5.74, 6) is -2.31. The number of ether oxygens (including phenoxy) is 3. The number of hydrogen-bond donors (Lipinski definition) is 2. The molecule has 0 amide bonds. The fraction of sp³-hybridized carbons (Fsp3) is 0.360. The summed E-state index contributed by atoms with van der Waals surface area (Å²) >= 11 is 0. The lowest BCUT2D eigenvalue weighted by Crippen LogP contribution is -2.41. The monoisotopic (exact) mass is 438 g/mol. The number of hydrogen-bond acceptors (Lipinski definition) is 7. The second-order valence-corrected chi connectivity index (χ2v) is 8.73. The fourth-order valence-electron chi connectivity index (χ4n) is 4.74. The second kappa shape index (κ2) is 7.67. The van der Waals surface area contributed by atoms with Crippen molar-refractivity contribution in [3.05, 3.63) is 71.4 Å². The smallest absolute Gasteiger partial charge is 0.334 e. The number of benzene rings is 1. The first-order valence-electron chi connectivity index (χ1n) is 10.4. The molecule has 32 heavy (non-hydrogen) atoms. The van der Waals surface area contributed by atoms with Gasteiger partial charge in [-0.1, -0.05) is 30.9 Å². The van der Waals surface area contributed by atoms with Gasteiger partial charge in [0.15, 0.2) is 11.5 Å². The Labute approximate surface area is 186 Å². The number of carbonyl (C=O) groups excluding carboxylic acids is 2. The normalized spacial score (nSPS) is 33.1. The van der Waals surface area contributed by atoms with Crippen molar-refractivity contribution in [3.8, 4) is 11.5 Å². The molecule has 0 spiro atoms. The molecule has 5 atom stereocenters. The van der Waals surface area contributed by atoms with Crippen molar-refractivity contribution in [1.82, 2.24) is 0 Å². The Hall–Kier alpha value is -3.32. The van der Waals surface area contributed by atoms with Crippen molar-refractivity contribution < 1.29 is 34.0 Å². The molecule has 7 nitrogen and oxygen atoms in total. The number of carbonyl (C=O) groups is 2. The van der Waals surface area contributed by atoms with E-state index < -0.39 is 41.8 Å². The van der Waals surface area contributed by atoms with E-state index in [2.05, 4.69) is 13.2 Å². The number of aromatic hydroxyl groups is 2. The van der Waals surface area contributed by atoms with Gasteiger partial charge in [-0.15, -0.1) is 0 Å². The van der Waals surface area contributed by atoms with Gasteiger partial charge in [-0.25, -0.2) is 9.59 Å². The average molecular weight is 438 g/mol. The van der Waals surface area contributed by atoms with E-state index in [0.717, 1.165) is 11.1 Å². The Morgan fingerprint density at radius 1 is 1.25 bits per heavy atom. The predicted molar refractivity (Wildman–Crippen MR) is 116 cm³/mol. The molecule has 3 aliphatic heterocycles. The molecule has 0 unspecified atom stereocenters. The van der Waals surface area contributed by atoms with E-state index in [1.165, 1.54) is 6.07 Å². The first-order valence-corrected chi connectivity index (χ1v) is 10.4. The molecule has 0 aromatic heterocycles. The average Bonchev–Trinajstić information content (AvgIpc) is 3.20. The molecule has 3 heterocycles. The Morgan fingerprint density at radius 2 is 1.97 bits per heavy atom. The van der Waals surface area contributed by atoms with Crippen molar-refractivity contribution in [1.29, 1.82) is 0 Å². The van der Waals surface area contributed by atoms with Crippen LogP contribution in [0, 0.1) is 5.92 Å². The van der Waals surface area contributed by atoms with Crippen LogP contribution in [0.1, 0.15) is 32.8 Å². The Morgan fingerprint density at radius 3 is 2.66 bits per heavy atom. The van der Waals surface area contributed by atoms with E-state index in [1.54, 1.807) is 19.1 Å². The third kappa shape index (κ3) is 3.42. The largest absolute Gasteiger partial charge is 0.504 e. The van der Waals surface area contributed by atoms with E-state index in [0.29, 0.717) is 12.0 Å². The van der Waals surface area contributed by atoms with Crippen LogP contribution in [0.3, 0.4) is 0 Å². The molecule has 3 aliphatic rings. The van der Waals surface area contributed by atoms with Crippen LogP contribution < -0.4 is 0 Å².